The van der Waals surface area contributed by atoms with Crippen LogP contribution in [0.15, 0.2) is 60.7 Å². The summed E-state index contributed by atoms with van der Waals surface area (Å²) in [5.74, 6) is -8.03. The topological polar surface area (TPSA) is 188 Å². The van der Waals surface area contributed by atoms with Crippen LogP contribution in [-0.2, 0) is 19.1 Å². The van der Waals surface area contributed by atoms with Gasteiger partial charge in [0.15, 0.2) is 0 Å². The monoisotopic (exact) mass is 515 g/mol. The number of carboxylic acid groups (broad SMARTS) is 2. The molecule has 1 saturated heterocycles. The second-order valence-corrected chi connectivity index (χ2v) is 8.53. The fraction of sp³-hybridized carbons (Fsp3) is 0.346. The van der Waals surface area contributed by atoms with E-state index in [0.29, 0.717) is 6.04 Å². The number of esters is 1. The van der Waals surface area contributed by atoms with Gasteiger partial charge in [-0.05, 0) is 19.8 Å². The van der Waals surface area contributed by atoms with E-state index in [1.54, 1.807) is 0 Å². The molecular weight excluding hydrogens is 486 g/mol. The molecule has 0 spiro atoms. The number of piperidine rings is 1. The lowest BCUT2D eigenvalue weighted by Crippen LogP contribution is -2.71. The van der Waals surface area contributed by atoms with Crippen molar-refractivity contribution in [3.63, 3.8) is 0 Å². The van der Waals surface area contributed by atoms with Crippen LogP contribution in [0.25, 0.3) is 0 Å². The van der Waals surface area contributed by atoms with Crippen molar-refractivity contribution in [2.45, 2.75) is 37.0 Å². The minimum Gasteiger partial charge on any atom is -0.479 e. The summed E-state index contributed by atoms with van der Waals surface area (Å²) < 4.78 is 4.65. The van der Waals surface area contributed by atoms with Crippen LogP contribution in [0.1, 0.15) is 40.5 Å². The predicted octanol–water partition coefficient (Wildman–Crippen LogP) is 0.931. The summed E-state index contributed by atoms with van der Waals surface area (Å²) in [6.07, 6.45) is 2.03. The molecule has 198 valence electrons. The third-order valence-electron chi connectivity index (χ3n) is 6.07. The lowest BCUT2D eigenvalue weighted by atomic mass is 9.73. The van der Waals surface area contributed by atoms with Crippen LogP contribution in [0.3, 0.4) is 0 Å². The third-order valence-corrected chi connectivity index (χ3v) is 6.07. The number of aliphatic hydroxyl groups is 2. The molecule has 0 unspecified atom stereocenters. The fourth-order valence-electron chi connectivity index (χ4n) is 3.80. The third kappa shape index (κ3) is 6.08. The van der Waals surface area contributed by atoms with Gasteiger partial charge in [0.25, 0.3) is 11.2 Å². The normalized spacial score (nSPS) is 20.1. The van der Waals surface area contributed by atoms with E-state index in [-0.39, 0.29) is 11.9 Å². The van der Waals surface area contributed by atoms with E-state index in [0.717, 1.165) is 43.7 Å². The zero-order valence-corrected chi connectivity index (χ0v) is 20.3. The number of carboxylic acids is 2. The molecule has 0 aliphatic carbocycles. The molecule has 11 heteroatoms. The second kappa shape index (κ2) is 12.3. The smallest absolute Gasteiger partial charge is 0.348 e. The highest BCUT2D eigenvalue weighted by Gasteiger charge is 2.69. The summed E-state index contributed by atoms with van der Waals surface area (Å²) in [6, 6.07) is 13.4. The number of hydrogen-bond donors (Lipinski definition) is 5. The van der Waals surface area contributed by atoms with Gasteiger partial charge in [0.1, 0.15) is 0 Å². The Hall–Kier alpha value is -3.93. The van der Waals surface area contributed by atoms with Gasteiger partial charge in [-0.25, -0.2) is 9.59 Å². The summed E-state index contributed by atoms with van der Waals surface area (Å²) in [5, 5.41) is 43.1. The molecule has 1 heterocycles. The van der Waals surface area contributed by atoms with Crippen molar-refractivity contribution in [3.05, 3.63) is 71.8 Å². The first kappa shape index (κ1) is 29.3. The predicted molar refractivity (Wildman–Crippen MR) is 129 cm³/mol. The standard InChI is InChI=1S/C18H14O8.C8H15NO2/c19-13(11-7-3-1-4-8-11)17(25,15(21)22)18(26,16(23)24)14(20)12-9-5-2-6-10-12;1-6-3-4-7(5-9-6)8(10)11-2/h1-10,25-26H,(H,21,22)(H,23,24);6-7,9H,3-5H2,1-2H3/t17-,18-;6-,7-/m10/s1. The number of hydrogen-bond acceptors (Lipinski definition) is 9. The molecule has 3 rings (SSSR count). The quantitative estimate of drug-likeness (QED) is 0.191. The number of carbonyl (C=O) groups excluding carboxylic acids is 3. The molecule has 5 N–H and O–H groups in total. The Morgan fingerprint density at radius 2 is 1.19 bits per heavy atom. The van der Waals surface area contributed by atoms with Gasteiger partial charge < -0.3 is 30.5 Å². The van der Waals surface area contributed by atoms with Crippen molar-refractivity contribution in [1.82, 2.24) is 5.32 Å². The van der Waals surface area contributed by atoms with Gasteiger partial charge >= 0.3 is 17.9 Å². The summed E-state index contributed by atoms with van der Waals surface area (Å²) in [4.78, 5) is 59.5. The Bertz CT molecular complexity index is 1060. The van der Waals surface area contributed by atoms with Crippen molar-refractivity contribution >= 4 is 29.5 Å². The Labute approximate surface area is 212 Å². The van der Waals surface area contributed by atoms with Gasteiger partial charge in [-0.1, -0.05) is 60.7 Å². The molecule has 37 heavy (non-hydrogen) atoms. The largest absolute Gasteiger partial charge is 0.479 e. The first-order valence-corrected chi connectivity index (χ1v) is 11.3. The number of Topliss-reactive ketones (excluding diaryl/α,β-unsaturated/α-hetero) is 2. The van der Waals surface area contributed by atoms with Gasteiger partial charge in [0, 0.05) is 23.7 Å². The van der Waals surface area contributed by atoms with Crippen molar-refractivity contribution in [2.24, 2.45) is 5.92 Å². The molecule has 1 aliphatic heterocycles. The molecule has 2 aromatic rings. The Kier molecular flexibility index (Phi) is 9.78. The zero-order chi connectivity index (χ0) is 27.8. The van der Waals surface area contributed by atoms with Crippen LogP contribution in [0.5, 0.6) is 0 Å². The zero-order valence-electron chi connectivity index (χ0n) is 20.3. The maximum atomic E-state index is 12.6. The van der Waals surface area contributed by atoms with Gasteiger partial charge in [-0.15, -0.1) is 0 Å². The second-order valence-electron chi connectivity index (χ2n) is 8.53. The van der Waals surface area contributed by atoms with Gasteiger partial charge in [0.2, 0.25) is 11.6 Å². The highest BCUT2D eigenvalue weighted by atomic mass is 16.5. The van der Waals surface area contributed by atoms with E-state index in [4.69, 9.17) is 0 Å². The molecule has 0 radical (unpaired) electrons. The summed E-state index contributed by atoms with van der Waals surface area (Å²) in [6.45, 7) is 2.90. The molecule has 1 aliphatic rings. The number of methoxy groups -OCH3 is 1. The number of ketones is 2. The van der Waals surface area contributed by atoms with Crippen LogP contribution in [-0.4, -0.2) is 80.8 Å². The Morgan fingerprint density at radius 1 is 0.784 bits per heavy atom. The van der Waals surface area contributed by atoms with Crippen molar-refractivity contribution in [1.29, 1.82) is 0 Å². The maximum Gasteiger partial charge on any atom is 0.348 e. The van der Waals surface area contributed by atoms with Crippen molar-refractivity contribution in [2.75, 3.05) is 13.7 Å². The maximum absolute atomic E-state index is 12.6. The highest BCUT2D eigenvalue weighted by molar-refractivity contribution is 6.28. The van der Waals surface area contributed by atoms with Crippen LogP contribution < -0.4 is 5.32 Å². The minimum absolute atomic E-state index is 0.0793. The van der Waals surface area contributed by atoms with E-state index in [1.807, 2.05) is 0 Å². The van der Waals surface area contributed by atoms with Crippen molar-refractivity contribution in [3.8, 4) is 0 Å². The molecule has 0 bridgehead atoms. The number of aliphatic carboxylic acids is 2. The van der Waals surface area contributed by atoms with E-state index < -0.39 is 45.8 Å². The fourth-order valence-corrected chi connectivity index (χ4v) is 3.80. The van der Waals surface area contributed by atoms with E-state index >= 15 is 0 Å². The molecule has 1 fully saturated rings. The Balaban J connectivity index is 0.000000364. The number of nitrogens with one attached hydrogen (secondary N) is 1. The number of carbonyl (C=O) groups is 5. The number of benzene rings is 2. The lowest BCUT2D eigenvalue weighted by molar-refractivity contribution is -0.187. The van der Waals surface area contributed by atoms with Gasteiger partial charge in [0.05, 0.1) is 13.0 Å². The molecule has 0 amide bonds. The van der Waals surface area contributed by atoms with Crippen LogP contribution in [0, 0.1) is 5.92 Å². The average molecular weight is 516 g/mol. The first-order chi connectivity index (χ1) is 17.4. The minimum atomic E-state index is -3.95. The molecule has 0 aromatic heterocycles. The van der Waals surface area contributed by atoms with Gasteiger partial charge in [-0.3, -0.25) is 14.4 Å². The van der Waals surface area contributed by atoms with Crippen LogP contribution >= 0.6 is 0 Å². The van der Waals surface area contributed by atoms with Gasteiger partial charge in [-0.2, -0.15) is 0 Å². The van der Waals surface area contributed by atoms with E-state index in [9.17, 15) is 44.4 Å². The summed E-state index contributed by atoms with van der Waals surface area (Å²) in [7, 11) is 1.44. The van der Waals surface area contributed by atoms with Crippen molar-refractivity contribution < 1.29 is 49.1 Å². The highest BCUT2D eigenvalue weighted by Crippen LogP contribution is 2.31. The molecule has 2 aromatic carbocycles. The summed E-state index contributed by atoms with van der Waals surface area (Å²) >= 11 is 0. The molecule has 0 saturated carbocycles. The molecule has 4 atom stereocenters. The SMILES string of the molecule is COC(=O)[C@H]1CC[C@H](C)NC1.O=C(O)[C@](O)(C(=O)c1ccccc1)[C@](O)(C(=O)O)C(=O)c1ccccc1. The number of rotatable bonds is 8. The van der Waals surface area contributed by atoms with E-state index in [1.165, 1.54) is 43.5 Å². The first-order valence-electron chi connectivity index (χ1n) is 11.3. The van der Waals surface area contributed by atoms with E-state index in [2.05, 4.69) is 17.0 Å². The summed E-state index contributed by atoms with van der Waals surface area (Å²) in [5.41, 5.74) is -8.68. The van der Waals surface area contributed by atoms with Crippen LogP contribution in [0.4, 0.5) is 0 Å². The number of ether oxygens (including phenoxy) is 1. The lowest BCUT2D eigenvalue weighted by Gasteiger charge is -2.34. The molecular formula is C26H29NO10. The van der Waals surface area contributed by atoms with Crippen LogP contribution in [0.2, 0.25) is 0 Å². The molecule has 11 nitrogen and oxygen atoms in total. The average Bonchev–Trinajstić information content (AvgIpc) is 2.92. The Morgan fingerprint density at radius 3 is 1.49 bits per heavy atom.